The number of hydrogen-bond acceptors (Lipinski definition) is 2. The van der Waals surface area contributed by atoms with Crippen LogP contribution < -0.4 is 0 Å². The zero-order chi connectivity index (χ0) is 6.69. The van der Waals surface area contributed by atoms with Crippen molar-refractivity contribution in [1.29, 1.82) is 0 Å². The van der Waals surface area contributed by atoms with Crippen LogP contribution >= 0.6 is 0 Å². The molecule has 0 radical (unpaired) electrons. The molecular formula is C6H8O3. The molecule has 1 heterocycles. The fraction of sp³-hybridized carbons (Fsp3) is 0.500. The first-order chi connectivity index (χ1) is 4.30. The van der Waals surface area contributed by atoms with Crippen molar-refractivity contribution in [1.82, 2.24) is 0 Å². The third kappa shape index (κ3) is 1.45. The van der Waals surface area contributed by atoms with Crippen molar-refractivity contribution in [2.24, 2.45) is 0 Å². The summed E-state index contributed by atoms with van der Waals surface area (Å²) in [5, 5.41) is 8.34. The average molecular weight is 128 g/mol. The van der Waals surface area contributed by atoms with Gasteiger partial charge in [-0.05, 0) is 18.9 Å². The van der Waals surface area contributed by atoms with Crippen molar-refractivity contribution < 1.29 is 14.6 Å². The normalized spacial score (nSPS) is 18.0. The van der Waals surface area contributed by atoms with Crippen molar-refractivity contribution in [2.75, 3.05) is 6.61 Å². The van der Waals surface area contributed by atoms with Gasteiger partial charge in [-0.3, -0.25) is 0 Å². The molecule has 3 heteroatoms. The Balaban J connectivity index is 2.57. The fourth-order valence-corrected chi connectivity index (χ4v) is 0.707. The first-order valence-corrected chi connectivity index (χ1v) is 2.87. The van der Waals surface area contributed by atoms with E-state index in [1.165, 1.54) is 0 Å². The lowest BCUT2D eigenvalue weighted by atomic mass is 10.2. The zero-order valence-corrected chi connectivity index (χ0v) is 4.96. The Hall–Kier alpha value is -0.990. The van der Waals surface area contributed by atoms with Crippen LogP contribution in [-0.2, 0) is 9.53 Å². The van der Waals surface area contributed by atoms with Crippen LogP contribution in [0.3, 0.4) is 0 Å². The Kier molecular flexibility index (Phi) is 1.72. The Morgan fingerprint density at radius 1 is 1.78 bits per heavy atom. The van der Waals surface area contributed by atoms with Crippen molar-refractivity contribution >= 4 is 5.97 Å². The minimum Gasteiger partial charge on any atom is -0.487 e. The van der Waals surface area contributed by atoms with Gasteiger partial charge >= 0.3 is 5.97 Å². The van der Waals surface area contributed by atoms with E-state index in [9.17, 15) is 4.79 Å². The van der Waals surface area contributed by atoms with Crippen LogP contribution in [-0.4, -0.2) is 17.7 Å². The SMILES string of the molecule is O=C(O)C1=CCCCO1. The first-order valence-electron chi connectivity index (χ1n) is 2.87. The summed E-state index contributed by atoms with van der Waals surface area (Å²) in [7, 11) is 0. The second-order valence-electron chi connectivity index (χ2n) is 1.86. The lowest BCUT2D eigenvalue weighted by Gasteiger charge is -2.09. The molecule has 0 aromatic rings. The van der Waals surface area contributed by atoms with Crippen LogP contribution in [0.5, 0.6) is 0 Å². The highest BCUT2D eigenvalue weighted by Crippen LogP contribution is 2.08. The van der Waals surface area contributed by atoms with Gasteiger partial charge in [-0.15, -0.1) is 0 Å². The number of hydrogen-bond donors (Lipinski definition) is 1. The quantitative estimate of drug-likeness (QED) is 0.567. The predicted octanol–water partition coefficient (Wildman–Crippen LogP) is 0.765. The minimum atomic E-state index is -0.963. The van der Waals surface area contributed by atoms with Crippen molar-refractivity contribution in [3.63, 3.8) is 0 Å². The van der Waals surface area contributed by atoms with E-state index >= 15 is 0 Å². The Morgan fingerprint density at radius 3 is 2.89 bits per heavy atom. The molecule has 1 N–H and O–H groups in total. The van der Waals surface area contributed by atoms with E-state index in [-0.39, 0.29) is 5.76 Å². The second-order valence-corrected chi connectivity index (χ2v) is 1.86. The summed E-state index contributed by atoms with van der Waals surface area (Å²) in [6.45, 7) is 0.540. The van der Waals surface area contributed by atoms with Crippen LogP contribution in [0.25, 0.3) is 0 Å². The molecule has 0 bridgehead atoms. The highest BCUT2D eigenvalue weighted by Gasteiger charge is 2.10. The van der Waals surface area contributed by atoms with Gasteiger partial charge < -0.3 is 9.84 Å². The second kappa shape index (κ2) is 2.53. The summed E-state index contributed by atoms with van der Waals surface area (Å²) in [6, 6.07) is 0. The zero-order valence-electron chi connectivity index (χ0n) is 4.96. The summed E-state index contributed by atoms with van der Waals surface area (Å²) in [4.78, 5) is 10.2. The van der Waals surface area contributed by atoms with Crippen LogP contribution in [0.15, 0.2) is 11.8 Å². The fourth-order valence-electron chi connectivity index (χ4n) is 0.707. The molecule has 0 saturated carbocycles. The topological polar surface area (TPSA) is 46.5 Å². The van der Waals surface area contributed by atoms with Crippen molar-refractivity contribution in [3.05, 3.63) is 11.8 Å². The van der Waals surface area contributed by atoms with Gasteiger partial charge in [0.2, 0.25) is 0 Å². The number of carbonyl (C=O) groups is 1. The number of carboxylic acid groups (broad SMARTS) is 1. The monoisotopic (exact) mass is 128 g/mol. The van der Waals surface area contributed by atoms with E-state index in [1.807, 2.05) is 0 Å². The summed E-state index contributed by atoms with van der Waals surface area (Å²) in [5.41, 5.74) is 0. The Bertz CT molecular complexity index is 148. The molecule has 3 nitrogen and oxygen atoms in total. The number of rotatable bonds is 1. The van der Waals surface area contributed by atoms with Crippen molar-refractivity contribution in [3.8, 4) is 0 Å². The van der Waals surface area contributed by atoms with Gasteiger partial charge in [-0.25, -0.2) is 4.79 Å². The third-order valence-corrected chi connectivity index (χ3v) is 1.15. The Morgan fingerprint density at radius 2 is 2.56 bits per heavy atom. The van der Waals surface area contributed by atoms with Gasteiger partial charge in [0.15, 0.2) is 5.76 Å². The molecule has 0 unspecified atom stereocenters. The van der Waals surface area contributed by atoms with E-state index in [0.29, 0.717) is 6.61 Å². The first kappa shape index (κ1) is 6.13. The summed E-state index contributed by atoms with van der Waals surface area (Å²) in [6.07, 6.45) is 3.35. The van der Waals surface area contributed by atoms with Crippen LogP contribution in [0.2, 0.25) is 0 Å². The highest BCUT2D eigenvalue weighted by molar-refractivity contribution is 5.84. The molecule has 0 aromatic heterocycles. The van der Waals surface area contributed by atoms with Gasteiger partial charge in [0.05, 0.1) is 6.61 Å². The molecule has 0 fully saturated rings. The molecular weight excluding hydrogens is 120 g/mol. The van der Waals surface area contributed by atoms with Crippen molar-refractivity contribution in [2.45, 2.75) is 12.8 Å². The number of allylic oxidation sites excluding steroid dienone is 1. The molecule has 0 amide bonds. The third-order valence-electron chi connectivity index (χ3n) is 1.15. The molecule has 9 heavy (non-hydrogen) atoms. The summed E-state index contributed by atoms with van der Waals surface area (Å²) in [5.74, 6) is -0.865. The smallest absolute Gasteiger partial charge is 0.370 e. The van der Waals surface area contributed by atoms with Gasteiger partial charge in [-0.1, -0.05) is 0 Å². The maximum atomic E-state index is 10.2. The maximum absolute atomic E-state index is 10.2. The van der Waals surface area contributed by atoms with E-state index in [4.69, 9.17) is 9.84 Å². The van der Waals surface area contributed by atoms with Gasteiger partial charge in [-0.2, -0.15) is 0 Å². The summed E-state index contributed by atoms with van der Waals surface area (Å²) >= 11 is 0. The molecule has 0 atom stereocenters. The van der Waals surface area contributed by atoms with E-state index in [2.05, 4.69) is 0 Å². The average Bonchev–Trinajstić information content (AvgIpc) is 1.90. The highest BCUT2D eigenvalue weighted by atomic mass is 16.5. The van der Waals surface area contributed by atoms with E-state index in [1.54, 1.807) is 6.08 Å². The molecule has 50 valence electrons. The van der Waals surface area contributed by atoms with E-state index in [0.717, 1.165) is 12.8 Å². The maximum Gasteiger partial charge on any atom is 0.370 e. The predicted molar refractivity (Wildman–Crippen MR) is 30.9 cm³/mol. The van der Waals surface area contributed by atoms with Crippen LogP contribution in [0.1, 0.15) is 12.8 Å². The van der Waals surface area contributed by atoms with Gasteiger partial charge in [0, 0.05) is 0 Å². The minimum absolute atomic E-state index is 0.0984. The van der Waals surface area contributed by atoms with Crippen LogP contribution in [0, 0.1) is 0 Å². The van der Waals surface area contributed by atoms with Crippen LogP contribution in [0.4, 0.5) is 0 Å². The molecule has 0 aliphatic carbocycles. The number of aliphatic carboxylic acids is 1. The number of ether oxygens (including phenoxy) is 1. The molecule has 1 rings (SSSR count). The largest absolute Gasteiger partial charge is 0.487 e. The van der Waals surface area contributed by atoms with Gasteiger partial charge in [0.1, 0.15) is 0 Å². The molecule has 0 aromatic carbocycles. The van der Waals surface area contributed by atoms with E-state index < -0.39 is 5.97 Å². The lowest BCUT2D eigenvalue weighted by molar-refractivity contribution is -0.136. The standard InChI is InChI=1S/C6H8O3/c7-6(8)5-3-1-2-4-9-5/h3H,1-2,4H2,(H,7,8). The molecule has 1 aliphatic rings. The van der Waals surface area contributed by atoms with Gasteiger partial charge in [0.25, 0.3) is 0 Å². The summed E-state index contributed by atoms with van der Waals surface area (Å²) < 4.78 is 4.80. The Labute approximate surface area is 52.9 Å². The molecule has 1 aliphatic heterocycles. The molecule has 0 spiro atoms. The number of carboxylic acids is 1. The lowest BCUT2D eigenvalue weighted by Crippen LogP contribution is -2.09. The molecule has 0 saturated heterocycles.